The minimum absolute atomic E-state index is 0.708. The van der Waals surface area contributed by atoms with Crippen molar-refractivity contribution in [3.63, 3.8) is 0 Å². The lowest BCUT2D eigenvalue weighted by Crippen LogP contribution is -3.13. The van der Waals surface area contributed by atoms with E-state index in [-0.39, 0.29) is 0 Å². The van der Waals surface area contributed by atoms with E-state index in [1.165, 1.54) is 38.9 Å². The van der Waals surface area contributed by atoms with Gasteiger partial charge >= 0.3 is 0 Å². The normalized spacial score (nSPS) is 16.4. The molecule has 0 aromatic carbocycles. The number of hydrogen-bond donors (Lipinski definition) is 1. The Kier molecular flexibility index (Phi) is 5.03. The van der Waals surface area contributed by atoms with Gasteiger partial charge in [0, 0.05) is 11.4 Å². The molecular weight excluding hydrogens is 242 g/mol. The summed E-state index contributed by atoms with van der Waals surface area (Å²) in [6.07, 6.45) is 4.13. The number of rotatable bonds is 4. The molecule has 0 amide bonds. The number of piperidine rings is 1. The molecule has 1 saturated heterocycles. The Morgan fingerprint density at radius 3 is 2.83 bits per heavy atom. The minimum Gasteiger partial charge on any atom is -0.334 e. The van der Waals surface area contributed by atoms with Crippen molar-refractivity contribution in [3.05, 3.63) is 23.4 Å². The largest absolute Gasteiger partial charge is 0.334 e. The van der Waals surface area contributed by atoms with Crippen molar-refractivity contribution in [3.8, 4) is 6.07 Å². The van der Waals surface area contributed by atoms with E-state index in [0.29, 0.717) is 5.56 Å². The number of nitriles is 1. The monoisotopic (exact) mass is 262 g/mol. The standard InChI is InChI=1S/C14H19N3S/c1-12-5-6-13(11-15)14(16-12)18-10-9-17-7-3-2-4-8-17/h5-6H,2-4,7-10H2,1H3/p+1. The van der Waals surface area contributed by atoms with Crippen LogP contribution in [0.15, 0.2) is 17.2 Å². The fourth-order valence-corrected chi connectivity index (χ4v) is 3.38. The van der Waals surface area contributed by atoms with Gasteiger partial charge < -0.3 is 4.90 Å². The van der Waals surface area contributed by atoms with Crippen molar-refractivity contribution in [2.24, 2.45) is 0 Å². The van der Waals surface area contributed by atoms with E-state index in [2.05, 4.69) is 11.1 Å². The third kappa shape index (κ3) is 3.72. The molecule has 3 nitrogen and oxygen atoms in total. The van der Waals surface area contributed by atoms with E-state index in [9.17, 15) is 0 Å². The quantitative estimate of drug-likeness (QED) is 0.835. The molecule has 1 aliphatic heterocycles. The molecule has 0 spiro atoms. The Hall–Kier alpha value is -1.05. The van der Waals surface area contributed by atoms with E-state index in [0.717, 1.165) is 16.5 Å². The highest BCUT2D eigenvalue weighted by Crippen LogP contribution is 2.19. The van der Waals surface area contributed by atoms with Gasteiger partial charge in [-0.2, -0.15) is 5.26 Å². The van der Waals surface area contributed by atoms with Gasteiger partial charge in [0.25, 0.3) is 0 Å². The fraction of sp³-hybridized carbons (Fsp3) is 0.571. The number of pyridine rings is 1. The van der Waals surface area contributed by atoms with Gasteiger partial charge in [-0.05, 0) is 38.3 Å². The predicted octanol–water partition coefficient (Wildman–Crippen LogP) is 1.42. The van der Waals surface area contributed by atoms with E-state index in [1.54, 1.807) is 16.7 Å². The van der Waals surface area contributed by atoms with Crippen LogP contribution in [-0.2, 0) is 0 Å². The zero-order valence-electron chi connectivity index (χ0n) is 10.9. The summed E-state index contributed by atoms with van der Waals surface area (Å²) < 4.78 is 0. The van der Waals surface area contributed by atoms with Crippen molar-refractivity contribution in [2.75, 3.05) is 25.4 Å². The predicted molar refractivity (Wildman–Crippen MR) is 73.8 cm³/mol. The maximum Gasteiger partial charge on any atom is 0.114 e. The molecule has 1 fully saturated rings. The molecule has 2 heterocycles. The number of nitrogens with one attached hydrogen (secondary N) is 1. The van der Waals surface area contributed by atoms with Gasteiger partial charge in [0.05, 0.1) is 25.2 Å². The Labute approximate surface area is 113 Å². The summed E-state index contributed by atoms with van der Waals surface area (Å²) >= 11 is 1.72. The zero-order chi connectivity index (χ0) is 12.8. The number of thioether (sulfide) groups is 1. The summed E-state index contributed by atoms with van der Waals surface area (Å²) in [5, 5.41) is 9.95. The fourth-order valence-electron chi connectivity index (χ4n) is 2.32. The van der Waals surface area contributed by atoms with Crippen LogP contribution < -0.4 is 4.90 Å². The Morgan fingerprint density at radius 2 is 2.11 bits per heavy atom. The van der Waals surface area contributed by atoms with Crippen LogP contribution in [0, 0.1) is 18.3 Å². The van der Waals surface area contributed by atoms with Crippen molar-refractivity contribution in [2.45, 2.75) is 31.2 Å². The van der Waals surface area contributed by atoms with Gasteiger partial charge in [-0.1, -0.05) is 11.8 Å². The molecule has 18 heavy (non-hydrogen) atoms. The molecule has 0 unspecified atom stereocenters. The van der Waals surface area contributed by atoms with Crippen LogP contribution in [0.1, 0.15) is 30.5 Å². The van der Waals surface area contributed by atoms with Crippen LogP contribution in [-0.4, -0.2) is 30.4 Å². The molecule has 0 atom stereocenters. The smallest absolute Gasteiger partial charge is 0.114 e. The number of quaternary nitrogens is 1. The summed E-state index contributed by atoms with van der Waals surface area (Å²) in [5.41, 5.74) is 1.70. The van der Waals surface area contributed by atoms with Crippen LogP contribution in [0.5, 0.6) is 0 Å². The van der Waals surface area contributed by atoms with Crippen molar-refractivity contribution in [1.29, 1.82) is 5.26 Å². The van der Waals surface area contributed by atoms with Crippen molar-refractivity contribution >= 4 is 11.8 Å². The van der Waals surface area contributed by atoms with Crippen LogP contribution >= 0.6 is 11.8 Å². The number of aromatic nitrogens is 1. The lowest BCUT2D eigenvalue weighted by molar-refractivity contribution is -0.902. The summed E-state index contributed by atoms with van der Waals surface area (Å²) in [7, 11) is 0. The number of aryl methyl sites for hydroxylation is 1. The molecule has 0 saturated carbocycles. The Balaban J connectivity index is 1.86. The van der Waals surface area contributed by atoms with Gasteiger partial charge in [-0.25, -0.2) is 4.98 Å². The van der Waals surface area contributed by atoms with Gasteiger partial charge in [0.2, 0.25) is 0 Å². The number of nitrogens with zero attached hydrogens (tertiary/aromatic N) is 2. The first-order valence-electron chi connectivity index (χ1n) is 6.63. The first kappa shape index (κ1) is 13.4. The van der Waals surface area contributed by atoms with E-state index < -0.39 is 0 Å². The van der Waals surface area contributed by atoms with Crippen molar-refractivity contribution in [1.82, 2.24) is 4.98 Å². The van der Waals surface area contributed by atoms with Gasteiger partial charge in [-0.15, -0.1) is 0 Å². The first-order chi connectivity index (χ1) is 8.79. The van der Waals surface area contributed by atoms with E-state index >= 15 is 0 Å². The van der Waals surface area contributed by atoms with Gasteiger partial charge in [0.15, 0.2) is 0 Å². The zero-order valence-corrected chi connectivity index (χ0v) is 11.7. The van der Waals surface area contributed by atoms with Gasteiger partial charge in [-0.3, -0.25) is 0 Å². The number of likely N-dealkylation sites (tertiary alicyclic amines) is 1. The Morgan fingerprint density at radius 1 is 1.33 bits per heavy atom. The average molecular weight is 262 g/mol. The molecule has 0 aliphatic carbocycles. The second-order valence-corrected chi connectivity index (χ2v) is 5.91. The molecule has 1 aromatic rings. The second kappa shape index (κ2) is 6.77. The van der Waals surface area contributed by atoms with Crippen LogP contribution in [0.25, 0.3) is 0 Å². The minimum atomic E-state index is 0.708. The molecular formula is C14H20N3S+. The van der Waals surface area contributed by atoms with Crippen LogP contribution in [0.2, 0.25) is 0 Å². The molecule has 4 heteroatoms. The van der Waals surface area contributed by atoms with Crippen molar-refractivity contribution < 1.29 is 4.90 Å². The molecule has 1 aromatic heterocycles. The maximum atomic E-state index is 9.05. The molecule has 0 bridgehead atoms. The average Bonchev–Trinajstić information content (AvgIpc) is 2.40. The molecule has 2 rings (SSSR count). The van der Waals surface area contributed by atoms with E-state index in [1.807, 2.05) is 19.1 Å². The molecule has 0 radical (unpaired) electrons. The highest BCUT2D eigenvalue weighted by atomic mass is 32.2. The summed E-state index contributed by atoms with van der Waals surface area (Å²) in [6, 6.07) is 6.00. The summed E-state index contributed by atoms with van der Waals surface area (Å²) in [5.74, 6) is 1.06. The van der Waals surface area contributed by atoms with Crippen LogP contribution in [0.4, 0.5) is 0 Å². The lowest BCUT2D eigenvalue weighted by Gasteiger charge is -2.23. The van der Waals surface area contributed by atoms with Crippen LogP contribution in [0.3, 0.4) is 0 Å². The topological polar surface area (TPSA) is 41.1 Å². The lowest BCUT2D eigenvalue weighted by atomic mass is 10.1. The molecule has 1 N–H and O–H groups in total. The molecule has 96 valence electrons. The molecule has 1 aliphatic rings. The first-order valence-corrected chi connectivity index (χ1v) is 7.62. The number of hydrogen-bond acceptors (Lipinski definition) is 3. The summed E-state index contributed by atoms with van der Waals surface area (Å²) in [4.78, 5) is 6.17. The Bertz CT molecular complexity index is 433. The summed E-state index contributed by atoms with van der Waals surface area (Å²) in [6.45, 7) is 5.78. The van der Waals surface area contributed by atoms with E-state index in [4.69, 9.17) is 5.26 Å². The third-order valence-corrected chi connectivity index (χ3v) is 4.37. The third-order valence-electron chi connectivity index (χ3n) is 3.38. The maximum absolute atomic E-state index is 9.05. The second-order valence-electron chi connectivity index (χ2n) is 4.83. The SMILES string of the molecule is Cc1ccc(C#N)c(SCC[NH+]2CCCCC2)n1. The highest BCUT2D eigenvalue weighted by Gasteiger charge is 2.13. The van der Waals surface area contributed by atoms with Gasteiger partial charge in [0.1, 0.15) is 11.1 Å². The highest BCUT2D eigenvalue weighted by molar-refractivity contribution is 7.99.